The van der Waals surface area contributed by atoms with Crippen molar-refractivity contribution in [1.82, 2.24) is 10.2 Å². The summed E-state index contributed by atoms with van der Waals surface area (Å²) in [5.41, 5.74) is 0.558. The zero-order chi connectivity index (χ0) is 15.7. The third-order valence-electron chi connectivity index (χ3n) is 4.55. The maximum Gasteiger partial charge on any atom is 0.410 e. The molecule has 4 nitrogen and oxygen atoms in total. The predicted molar refractivity (Wildman–Crippen MR) is 77.5 cm³/mol. The van der Waals surface area contributed by atoms with Crippen LogP contribution in [-0.2, 0) is 11.2 Å². The van der Waals surface area contributed by atoms with Gasteiger partial charge in [0.25, 0.3) is 0 Å². The second-order valence-electron chi connectivity index (χ2n) is 5.98. The number of halogens is 2. The number of nitrogens with zero attached hydrogens (tertiary/aromatic N) is 1. The Morgan fingerprint density at radius 1 is 1.32 bits per heavy atom. The number of ether oxygens (including phenoxy) is 1. The fraction of sp³-hybridized carbons (Fsp3) is 0.562. The highest BCUT2D eigenvalue weighted by Crippen LogP contribution is 2.31. The van der Waals surface area contributed by atoms with Crippen LogP contribution in [0.4, 0.5) is 13.6 Å². The van der Waals surface area contributed by atoms with E-state index in [9.17, 15) is 13.6 Å². The van der Waals surface area contributed by atoms with Crippen LogP contribution in [0.25, 0.3) is 0 Å². The Morgan fingerprint density at radius 3 is 2.73 bits per heavy atom. The van der Waals surface area contributed by atoms with Crippen molar-refractivity contribution < 1.29 is 18.3 Å². The lowest BCUT2D eigenvalue weighted by Gasteiger charge is -2.32. The number of hydrogen-bond donors (Lipinski definition) is 1. The normalized spacial score (nSPS) is 25.8. The molecule has 0 bridgehead atoms. The molecule has 22 heavy (non-hydrogen) atoms. The van der Waals surface area contributed by atoms with Gasteiger partial charge in [0.1, 0.15) is 17.7 Å². The number of benzene rings is 1. The molecule has 1 aromatic rings. The minimum absolute atomic E-state index is 0.0529. The molecule has 1 amide bonds. The number of cyclic esters (lactones) is 1. The smallest absolute Gasteiger partial charge is 0.410 e. The lowest BCUT2D eigenvalue weighted by Crippen LogP contribution is -2.49. The van der Waals surface area contributed by atoms with Gasteiger partial charge in [0, 0.05) is 12.6 Å². The topological polar surface area (TPSA) is 41.6 Å². The van der Waals surface area contributed by atoms with Crippen LogP contribution in [-0.4, -0.2) is 42.8 Å². The third kappa shape index (κ3) is 2.92. The molecule has 0 aromatic heterocycles. The van der Waals surface area contributed by atoms with Crippen molar-refractivity contribution >= 4 is 6.09 Å². The summed E-state index contributed by atoms with van der Waals surface area (Å²) < 4.78 is 32.2. The second kappa shape index (κ2) is 6.20. The molecule has 6 heteroatoms. The van der Waals surface area contributed by atoms with Gasteiger partial charge in [-0.3, -0.25) is 0 Å². The Kier molecular flexibility index (Phi) is 4.29. The number of nitrogens with one attached hydrogen (secondary N) is 1. The summed E-state index contributed by atoms with van der Waals surface area (Å²) in [4.78, 5) is 13.7. The number of likely N-dealkylation sites (N-methyl/N-ethyl adjacent to an activating group) is 1. The molecule has 3 rings (SSSR count). The average molecular weight is 310 g/mol. The molecule has 3 atom stereocenters. The quantitative estimate of drug-likeness (QED) is 0.929. The predicted octanol–water partition coefficient (Wildman–Crippen LogP) is 2.47. The summed E-state index contributed by atoms with van der Waals surface area (Å²) in [6.07, 6.45) is 2.82. The zero-order valence-corrected chi connectivity index (χ0v) is 12.5. The highest BCUT2D eigenvalue weighted by atomic mass is 19.1. The Balaban J connectivity index is 1.77. The summed E-state index contributed by atoms with van der Waals surface area (Å²) in [6.45, 7) is 0.727. The molecule has 1 N–H and O–H groups in total. The molecule has 0 radical (unpaired) electrons. The summed E-state index contributed by atoms with van der Waals surface area (Å²) in [7, 11) is 1.78. The number of hydrogen-bond acceptors (Lipinski definition) is 3. The van der Waals surface area contributed by atoms with Crippen molar-refractivity contribution in [2.45, 2.75) is 43.9 Å². The van der Waals surface area contributed by atoms with E-state index in [1.807, 2.05) is 0 Å². The molecular formula is C16H20F2N2O2. The van der Waals surface area contributed by atoms with Crippen LogP contribution in [0.15, 0.2) is 18.2 Å². The first kappa shape index (κ1) is 15.2. The van der Waals surface area contributed by atoms with Crippen molar-refractivity contribution in [3.05, 3.63) is 35.4 Å². The molecule has 0 saturated carbocycles. The number of amides is 1. The molecular weight excluding hydrogens is 290 g/mol. The van der Waals surface area contributed by atoms with E-state index in [-0.39, 0.29) is 24.3 Å². The molecule has 2 saturated heterocycles. The molecule has 2 fully saturated rings. The minimum atomic E-state index is -0.590. The maximum atomic E-state index is 13.3. The van der Waals surface area contributed by atoms with Gasteiger partial charge >= 0.3 is 6.09 Å². The second-order valence-corrected chi connectivity index (χ2v) is 5.98. The van der Waals surface area contributed by atoms with E-state index in [1.165, 1.54) is 12.1 Å². The van der Waals surface area contributed by atoms with Crippen molar-refractivity contribution in [2.24, 2.45) is 0 Å². The number of piperidine rings is 1. The van der Waals surface area contributed by atoms with Gasteiger partial charge in [-0.05, 0) is 50.4 Å². The molecule has 0 unspecified atom stereocenters. The Labute approximate surface area is 128 Å². The number of carbonyl (C=O) groups is 1. The van der Waals surface area contributed by atoms with Gasteiger partial charge in [-0.2, -0.15) is 0 Å². The van der Waals surface area contributed by atoms with E-state index in [1.54, 1.807) is 11.9 Å². The third-order valence-corrected chi connectivity index (χ3v) is 4.55. The van der Waals surface area contributed by atoms with Gasteiger partial charge in [0.2, 0.25) is 0 Å². The van der Waals surface area contributed by atoms with Crippen LogP contribution >= 0.6 is 0 Å². The summed E-state index contributed by atoms with van der Waals surface area (Å²) in [6, 6.07) is 3.39. The molecule has 0 aliphatic carbocycles. The van der Waals surface area contributed by atoms with Gasteiger partial charge in [-0.1, -0.05) is 0 Å². The van der Waals surface area contributed by atoms with Crippen molar-refractivity contribution in [3.63, 3.8) is 0 Å². The van der Waals surface area contributed by atoms with E-state index in [4.69, 9.17) is 4.74 Å². The molecule has 1 aromatic carbocycles. The summed E-state index contributed by atoms with van der Waals surface area (Å²) >= 11 is 0. The van der Waals surface area contributed by atoms with Gasteiger partial charge in [0.05, 0.1) is 12.1 Å². The van der Waals surface area contributed by atoms with Gasteiger partial charge < -0.3 is 15.0 Å². The molecule has 120 valence electrons. The highest BCUT2D eigenvalue weighted by molar-refractivity contribution is 5.71. The number of carbonyl (C=O) groups excluding carboxylic acids is 1. The molecule has 2 aliphatic heterocycles. The lowest BCUT2D eigenvalue weighted by atomic mass is 9.91. The SMILES string of the molecule is CN[C@@H](Cc1cc(F)cc(F)c1)[C@@H]1OC(=O)N2CCCC[C@@H]12. The number of rotatable bonds is 4. The standard InChI is InChI=1S/C16H20F2N2O2/c1-19-13(8-10-6-11(17)9-12(18)7-10)15-14-4-2-3-5-20(14)16(21)22-15/h6-7,9,13-15,19H,2-5,8H2,1H3/t13-,14-,15-/m0/s1. The summed E-state index contributed by atoms with van der Waals surface area (Å²) in [5, 5.41) is 3.14. The first-order chi connectivity index (χ1) is 10.6. The van der Waals surface area contributed by atoms with E-state index < -0.39 is 11.6 Å². The Bertz CT molecular complexity index is 547. The first-order valence-electron chi connectivity index (χ1n) is 7.68. The largest absolute Gasteiger partial charge is 0.442 e. The lowest BCUT2D eigenvalue weighted by molar-refractivity contribution is 0.104. The Morgan fingerprint density at radius 2 is 2.05 bits per heavy atom. The molecule has 0 spiro atoms. The van der Waals surface area contributed by atoms with E-state index in [0.717, 1.165) is 31.9 Å². The fourth-order valence-corrected chi connectivity index (χ4v) is 3.50. The first-order valence-corrected chi connectivity index (χ1v) is 7.68. The summed E-state index contributed by atoms with van der Waals surface area (Å²) in [5.74, 6) is -1.18. The van der Waals surface area contributed by atoms with Crippen molar-refractivity contribution in [2.75, 3.05) is 13.6 Å². The van der Waals surface area contributed by atoms with Crippen molar-refractivity contribution in [3.8, 4) is 0 Å². The van der Waals surface area contributed by atoms with Gasteiger partial charge in [-0.25, -0.2) is 13.6 Å². The monoisotopic (exact) mass is 310 g/mol. The fourth-order valence-electron chi connectivity index (χ4n) is 3.50. The Hall–Kier alpha value is -1.69. The van der Waals surface area contributed by atoms with Crippen molar-refractivity contribution in [1.29, 1.82) is 0 Å². The van der Waals surface area contributed by atoms with Crippen LogP contribution in [0.1, 0.15) is 24.8 Å². The van der Waals surface area contributed by atoms with Crippen LogP contribution in [0.5, 0.6) is 0 Å². The average Bonchev–Trinajstić information content (AvgIpc) is 2.81. The highest BCUT2D eigenvalue weighted by Gasteiger charge is 2.45. The van der Waals surface area contributed by atoms with Crippen LogP contribution < -0.4 is 5.32 Å². The van der Waals surface area contributed by atoms with E-state index in [2.05, 4.69) is 5.32 Å². The van der Waals surface area contributed by atoms with Crippen LogP contribution in [0, 0.1) is 11.6 Å². The number of fused-ring (bicyclic) bond motifs is 1. The maximum absolute atomic E-state index is 13.3. The van der Waals surface area contributed by atoms with E-state index >= 15 is 0 Å². The van der Waals surface area contributed by atoms with Crippen LogP contribution in [0.3, 0.4) is 0 Å². The van der Waals surface area contributed by atoms with E-state index in [0.29, 0.717) is 12.0 Å². The molecule has 2 aliphatic rings. The van der Waals surface area contributed by atoms with Gasteiger partial charge in [-0.15, -0.1) is 0 Å². The molecule has 2 heterocycles. The minimum Gasteiger partial charge on any atom is -0.442 e. The zero-order valence-electron chi connectivity index (χ0n) is 12.5. The van der Waals surface area contributed by atoms with Crippen LogP contribution in [0.2, 0.25) is 0 Å². The van der Waals surface area contributed by atoms with Gasteiger partial charge in [0.15, 0.2) is 0 Å².